The summed E-state index contributed by atoms with van der Waals surface area (Å²) in [5.74, 6) is 1.68. The summed E-state index contributed by atoms with van der Waals surface area (Å²) in [7, 11) is 0. The Balaban J connectivity index is 1.11. The van der Waals surface area contributed by atoms with Crippen molar-refractivity contribution in [2.24, 2.45) is 0 Å². The van der Waals surface area contributed by atoms with Crippen LogP contribution in [0.2, 0.25) is 0 Å². The third-order valence-electron chi connectivity index (χ3n) is 8.22. The molecule has 39 heavy (non-hydrogen) atoms. The van der Waals surface area contributed by atoms with Crippen molar-refractivity contribution in [2.45, 2.75) is 25.0 Å². The van der Waals surface area contributed by atoms with Gasteiger partial charge in [-0.25, -0.2) is 14.4 Å². The lowest BCUT2D eigenvalue weighted by atomic mass is 9.86. The van der Waals surface area contributed by atoms with Crippen LogP contribution in [0.3, 0.4) is 0 Å². The Bertz CT molecular complexity index is 1560. The molecule has 4 aromatic rings. The first-order valence-corrected chi connectivity index (χ1v) is 13.3. The van der Waals surface area contributed by atoms with E-state index in [1.807, 2.05) is 18.3 Å². The normalized spacial score (nSPS) is 21.1. The van der Waals surface area contributed by atoms with Crippen LogP contribution in [-0.2, 0) is 11.3 Å². The molecule has 198 valence electrons. The number of nitrogens with one attached hydrogen (secondary N) is 1. The first-order chi connectivity index (χ1) is 19.1. The molecule has 2 unspecified atom stereocenters. The number of anilines is 2. The second-order valence-corrected chi connectivity index (χ2v) is 10.5. The summed E-state index contributed by atoms with van der Waals surface area (Å²) in [6, 6.07) is 13.2. The Kier molecular flexibility index (Phi) is 5.83. The number of aromatic nitrogens is 3. The number of fused-ring (bicyclic) bond motifs is 3. The molecule has 4 aliphatic heterocycles. The number of phenols is 1. The molecule has 4 saturated heterocycles. The molecule has 2 bridgehead atoms. The molecular formula is C29H28FN7O2. The van der Waals surface area contributed by atoms with Gasteiger partial charge in [-0.1, -0.05) is 0 Å². The van der Waals surface area contributed by atoms with Gasteiger partial charge in [-0.2, -0.15) is 5.26 Å². The van der Waals surface area contributed by atoms with E-state index < -0.39 is 0 Å². The number of morpholine rings is 1. The predicted octanol–water partition coefficient (Wildman–Crippen LogP) is 3.64. The van der Waals surface area contributed by atoms with Gasteiger partial charge in [0, 0.05) is 79.3 Å². The molecule has 0 radical (unpaired) electrons. The number of pyridine rings is 2. The number of benzene rings is 1. The Morgan fingerprint density at radius 3 is 2.62 bits per heavy atom. The van der Waals surface area contributed by atoms with E-state index in [1.54, 1.807) is 6.20 Å². The van der Waals surface area contributed by atoms with Crippen molar-refractivity contribution in [1.29, 1.82) is 5.26 Å². The van der Waals surface area contributed by atoms with Crippen LogP contribution >= 0.6 is 0 Å². The third-order valence-corrected chi connectivity index (χ3v) is 8.22. The summed E-state index contributed by atoms with van der Waals surface area (Å²) in [5.41, 5.74) is 3.59. The fourth-order valence-corrected chi connectivity index (χ4v) is 6.16. The van der Waals surface area contributed by atoms with Crippen LogP contribution in [0.4, 0.5) is 16.0 Å². The number of nitriles is 1. The molecule has 7 heterocycles. The zero-order valence-corrected chi connectivity index (χ0v) is 21.3. The van der Waals surface area contributed by atoms with E-state index in [4.69, 9.17) is 9.72 Å². The lowest BCUT2D eigenvalue weighted by Gasteiger charge is -2.56. The summed E-state index contributed by atoms with van der Waals surface area (Å²) in [5, 5.41) is 20.9. The second kappa shape index (κ2) is 9.52. The van der Waals surface area contributed by atoms with Crippen molar-refractivity contribution in [3.8, 4) is 22.9 Å². The summed E-state index contributed by atoms with van der Waals surface area (Å²) >= 11 is 0. The van der Waals surface area contributed by atoms with Gasteiger partial charge in [-0.3, -0.25) is 4.90 Å². The highest BCUT2D eigenvalue weighted by molar-refractivity contribution is 5.98. The van der Waals surface area contributed by atoms with Gasteiger partial charge < -0.3 is 24.6 Å². The standard InChI is InChI=1S/C29H28FN7O2/c30-21-2-3-25(38)19(9-21)15-37-22-10-23(37)17-36(16-22)26-4-1-18(13-32-26)28-20(12-31)14-33-29-24(28)11-27(34-29)35-5-7-39-8-6-35/h1-4,9,11,13-14,22-23,38H,5-8,10,15-17H2,(H,33,34). The minimum absolute atomic E-state index is 0.136. The maximum absolute atomic E-state index is 13.7. The molecule has 3 aromatic heterocycles. The number of aromatic amines is 1. The highest BCUT2D eigenvalue weighted by Crippen LogP contribution is 2.38. The fraction of sp³-hybridized carbons (Fsp3) is 0.345. The van der Waals surface area contributed by atoms with Gasteiger partial charge in [0.25, 0.3) is 0 Å². The molecule has 4 fully saturated rings. The number of aromatic hydroxyl groups is 1. The van der Waals surface area contributed by atoms with Gasteiger partial charge in [0.1, 0.15) is 34.9 Å². The number of hydrogen-bond donors (Lipinski definition) is 2. The van der Waals surface area contributed by atoms with Gasteiger partial charge in [0.2, 0.25) is 0 Å². The Hall–Kier alpha value is -4.20. The molecule has 4 aliphatic rings. The van der Waals surface area contributed by atoms with Crippen molar-refractivity contribution in [1.82, 2.24) is 19.9 Å². The number of ether oxygens (including phenoxy) is 1. The summed E-state index contributed by atoms with van der Waals surface area (Å²) in [6.07, 6.45) is 4.55. The van der Waals surface area contributed by atoms with Crippen molar-refractivity contribution in [3.05, 3.63) is 65.7 Å². The van der Waals surface area contributed by atoms with E-state index in [0.717, 1.165) is 66.4 Å². The first kappa shape index (κ1) is 23.9. The van der Waals surface area contributed by atoms with E-state index in [0.29, 0.717) is 43.0 Å². The van der Waals surface area contributed by atoms with Crippen molar-refractivity contribution >= 4 is 22.7 Å². The zero-order valence-electron chi connectivity index (χ0n) is 21.3. The Morgan fingerprint density at radius 1 is 1.05 bits per heavy atom. The average Bonchev–Trinajstić information content (AvgIpc) is 3.42. The average molecular weight is 526 g/mol. The number of rotatable bonds is 5. The maximum atomic E-state index is 13.7. The first-order valence-electron chi connectivity index (χ1n) is 13.3. The Morgan fingerprint density at radius 2 is 1.87 bits per heavy atom. The topological polar surface area (TPSA) is 105 Å². The molecule has 0 spiro atoms. The second-order valence-electron chi connectivity index (χ2n) is 10.5. The molecule has 2 atom stereocenters. The van der Waals surface area contributed by atoms with Crippen LogP contribution in [0.25, 0.3) is 22.2 Å². The number of halogens is 1. The van der Waals surface area contributed by atoms with E-state index in [2.05, 4.69) is 36.8 Å². The molecule has 9 nitrogen and oxygen atoms in total. The highest BCUT2D eigenvalue weighted by Gasteiger charge is 2.44. The van der Waals surface area contributed by atoms with Gasteiger partial charge in [-0.15, -0.1) is 0 Å². The van der Waals surface area contributed by atoms with Crippen LogP contribution in [0, 0.1) is 17.1 Å². The summed E-state index contributed by atoms with van der Waals surface area (Å²) in [6.45, 7) is 5.17. The van der Waals surface area contributed by atoms with E-state index in [-0.39, 0.29) is 11.6 Å². The molecule has 0 saturated carbocycles. The van der Waals surface area contributed by atoms with Crippen molar-refractivity contribution in [2.75, 3.05) is 49.2 Å². The molecule has 1 aromatic carbocycles. The lowest BCUT2D eigenvalue weighted by Crippen LogP contribution is -2.68. The summed E-state index contributed by atoms with van der Waals surface area (Å²) in [4.78, 5) is 19.6. The highest BCUT2D eigenvalue weighted by atomic mass is 19.1. The molecule has 8 rings (SSSR count). The van der Waals surface area contributed by atoms with E-state index in [1.165, 1.54) is 18.2 Å². The van der Waals surface area contributed by atoms with Crippen LogP contribution in [0.5, 0.6) is 5.75 Å². The predicted molar refractivity (Wildman–Crippen MR) is 145 cm³/mol. The van der Waals surface area contributed by atoms with Crippen LogP contribution < -0.4 is 9.80 Å². The maximum Gasteiger partial charge on any atom is 0.139 e. The number of hydrogen-bond acceptors (Lipinski definition) is 8. The molecule has 0 aliphatic carbocycles. The van der Waals surface area contributed by atoms with Crippen LogP contribution in [0.1, 0.15) is 17.5 Å². The Labute approximate surface area is 225 Å². The monoisotopic (exact) mass is 525 g/mol. The number of H-pyrrole nitrogens is 1. The van der Waals surface area contributed by atoms with Gasteiger partial charge in [0.05, 0.1) is 18.8 Å². The van der Waals surface area contributed by atoms with Crippen LogP contribution in [-0.4, -0.2) is 76.4 Å². The van der Waals surface area contributed by atoms with E-state index in [9.17, 15) is 14.8 Å². The van der Waals surface area contributed by atoms with Crippen LogP contribution in [0.15, 0.2) is 48.8 Å². The summed E-state index contributed by atoms with van der Waals surface area (Å²) < 4.78 is 19.2. The molecule has 0 amide bonds. The quantitative estimate of drug-likeness (QED) is 0.407. The zero-order chi connectivity index (χ0) is 26.5. The SMILES string of the molecule is N#Cc1cnc2[nH]c(N3CCOCC3)cc2c1-c1ccc(N2CC3CC(C2)N3Cc2cc(F)ccc2O)nc1. The number of piperazine rings is 1. The van der Waals surface area contributed by atoms with Crippen molar-refractivity contribution in [3.63, 3.8) is 0 Å². The van der Waals surface area contributed by atoms with Gasteiger partial charge >= 0.3 is 0 Å². The lowest BCUT2D eigenvalue weighted by molar-refractivity contribution is -0.00921. The smallest absolute Gasteiger partial charge is 0.139 e. The molecule has 2 N–H and O–H groups in total. The number of phenolic OH excluding ortho intramolecular Hbond substituents is 1. The van der Waals surface area contributed by atoms with E-state index >= 15 is 0 Å². The number of piperidine rings is 1. The van der Waals surface area contributed by atoms with Crippen molar-refractivity contribution < 1.29 is 14.2 Å². The molecular weight excluding hydrogens is 497 g/mol. The largest absolute Gasteiger partial charge is 0.508 e. The fourth-order valence-electron chi connectivity index (χ4n) is 6.16. The van der Waals surface area contributed by atoms with Gasteiger partial charge in [-0.05, 0) is 42.8 Å². The minimum Gasteiger partial charge on any atom is -0.508 e. The third kappa shape index (κ3) is 4.24. The van der Waals surface area contributed by atoms with Gasteiger partial charge in [0.15, 0.2) is 0 Å². The number of nitrogens with zero attached hydrogens (tertiary/aromatic N) is 6. The molecule has 10 heteroatoms. The minimum atomic E-state index is -0.331.